The lowest BCUT2D eigenvalue weighted by Gasteiger charge is -2.07. The second-order valence-electron chi connectivity index (χ2n) is 4.21. The minimum atomic E-state index is -0.718. The Morgan fingerprint density at radius 3 is 2.56 bits per heavy atom. The molecule has 0 atom stereocenters. The molecule has 2 aromatic rings. The van der Waals surface area contributed by atoms with Crippen molar-refractivity contribution in [1.29, 1.82) is 0 Å². The van der Waals surface area contributed by atoms with Gasteiger partial charge in [0, 0.05) is 11.1 Å². The van der Waals surface area contributed by atoms with Crippen molar-refractivity contribution in [2.45, 2.75) is 19.8 Å². The molecule has 0 radical (unpaired) electrons. The molecule has 0 aliphatic carbocycles. The maximum absolute atomic E-state index is 13.8. The van der Waals surface area contributed by atoms with E-state index in [9.17, 15) is 8.78 Å². The fourth-order valence-electron chi connectivity index (χ4n) is 1.77. The normalized spacial score (nSPS) is 11.2. The van der Waals surface area contributed by atoms with Crippen LogP contribution in [0.1, 0.15) is 25.3 Å². The van der Waals surface area contributed by atoms with Gasteiger partial charge >= 0.3 is 0 Å². The van der Waals surface area contributed by atoms with Gasteiger partial charge in [-0.3, -0.25) is 0 Å². The fraction of sp³-hybridized carbons (Fsp3) is 0.250. The smallest absolute Gasteiger partial charge is 0.226 e. The van der Waals surface area contributed by atoms with Crippen molar-refractivity contribution in [3.8, 4) is 11.3 Å². The first kappa shape index (κ1) is 12.8. The molecule has 1 aromatic carbocycles. The third-order valence-corrected chi connectivity index (χ3v) is 2.89. The molecule has 0 spiro atoms. The van der Waals surface area contributed by atoms with Crippen LogP contribution in [0.2, 0.25) is 5.02 Å². The van der Waals surface area contributed by atoms with E-state index in [1.165, 1.54) is 0 Å². The van der Waals surface area contributed by atoms with Crippen molar-refractivity contribution in [2.24, 2.45) is 0 Å². The van der Waals surface area contributed by atoms with Crippen LogP contribution < -0.4 is 5.73 Å². The maximum Gasteiger partial charge on any atom is 0.226 e. The number of hydrogen-bond donors (Lipinski definition) is 1. The van der Waals surface area contributed by atoms with Crippen molar-refractivity contribution >= 4 is 17.5 Å². The first-order chi connectivity index (χ1) is 8.41. The lowest BCUT2D eigenvalue weighted by atomic mass is 9.98. The summed E-state index contributed by atoms with van der Waals surface area (Å²) in [5, 5.41) is 3.41. The number of benzene rings is 1. The molecule has 3 nitrogen and oxygen atoms in total. The summed E-state index contributed by atoms with van der Waals surface area (Å²) in [6, 6.07) is 1.89. The number of hydrogen-bond acceptors (Lipinski definition) is 3. The van der Waals surface area contributed by atoms with Crippen LogP contribution in [-0.4, -0.2) is 5.16 Å². The molecule has 0 saturated heterocycles. The molecule has 0 aliphatic heterocycles. The standard InChI is InChI=1S/C12H11ClF2N2O/c1-5(2)10-11(17-18-12(10)16)6-3-9(15)7(13)4-8(6)14/h3-5H,16H2,1-2H3. The highest BCUT2D eigenvalue weighted by Gasteiger charge is 2.22. The Bertz CT molecular complexity index is 596. The molecule has 0 amide bonds. The number of anilines is 1. The summed E-state index contributed by atoms with van der Waals surface area (Å²) in [6.07, 6.45) is 0. The van der Waals surface area contributed by atoms with Crippen LogP contribution in [0.4, 0.5) is 14.7 Å². The minimum Gasteiger partial charge on any atom is -0.367 e. The van der Waals surface area contributed by atoms with Gasteiger partial charge in [0.2, 0.25) is 5.88 Å². The molecule has 18 heavy (non-hydrogen) atoms. The van der Waals surface area contributed by atoms with E-state index in [1.807, 2.05) is 13.8 Å². The van der Waals surface area contributed by atoms with Crippen molar-refractivity contribution in [2.75, 3.05) is 5.73 Å². The Morgan fingerprint density at radius 2 is 1.94 bits per heavy atom. The number of nitrogens with two attached hydrogens (primary N) is 1. The zero-order valence-electron chi connectivity index (χ0n) is 9.80. The highest BCUT2D eigenvalue weighted by atomic mass is 35.5. The van der Waals surface area contributed by atoms with E-state index >= 15 is 0 Å². The molecule has 96 valence electrons. The number of aromatic nitrogens is 1. The van der Waals surface area contributed by atoms with Gasteiger partial charge in [-0.2, -0.15) is 0 Å². The summed E-state index contributed by atoms with van der Waals surface area (Å²) in [5.74, 6) is -1.31. The van der Waals surface area contributed by atoms with E-state index in [4.69, 9.17) is 21.9 Å². The van der Waals surface area contributed by atoms with Gasteiger partial charge < -0.3 is 10.3 Å². The maximum atomic E-state index is 13.8. The van der Waals surface area contributed by atoms with Crippen molar-refractivity contribution in [3.63, 3.8) is 0 Å². The second kappa shape index (κ2) is 4.57. The van der Waals surface area contributed by atoms with E-state index in [0.29, 0.717) is 5.56 Å². The van der Waals surface area contributed by atoms with Crippen LogP contribution in [-0.2, 0) is 0 Å². The summed E-state index contributed by atoms with van der Waals surface area (Å²) < 4.78 is 32.0. The number of nitrogen functional groups attached to an aromatic ring is 1. The zero-order chi connectivity index (χ0) is 13.4. The predicted molar refractivity (Wildman–Crippen MR) is 65.4 cm³/mol. The Hall–Kier alpha value is -1.62. The SMILES string of the molecule is CC(C)c1c(-c2cc(F)c(Cl)cc2F)noc1N. The summed E-state index contributed by atoms with van der Waals surface area (Å²) in [5.41, 5.74) is 6.37. The van der Waals surface area contributed by atoms with Crippen LogP contribution >= 0.6 is 11.6 Å². The lowest BCUT2D eigenvalue weighted by Crippen LogP contribution is -1.96. The monoisotopic (exact) mass is 272 g/mol. The first-order valence-electron chi connectivity index (χ1n) is 5.31. The Balaban J connectivity index is 2.66. The van der Waals surface area contributed by atoms with Crippen LogP contribution in [0, 0.1) is 11.6 Å². The molecule has 2 rings (SSSR count). The third-order valence-electron chi connectivity index (χ3n) is 2.60. The summed E-state index contributed by atoms with van der Waals surface area (Å²) >= 11 is 5.50. The van der Waals surface area contributed by atoms with Gasteiger partial charge in [0.25, 0.3) is 0 Å². The third kappa shape index (κ3) is 2.06. The van der Waals surface area contributed by atoms with Gasteiger partial charge in [0.1, 0.15) is 17.3 Å². The summed E-state index contributed by atoms with van der Waals surface area (Å²) in [6.45, 7) is 3.72. The van der Waals surface area contributed by atoms with E-state index in [2.05, 4.69) is 5.16 Å². The molecule has 0 saturated carbocycles. The molecular weight excluding hydrogens is 262 g/mol. The number of rotatable bonds is 2. The molecule has 0 bridgehead atoms. The van der Waals surface area contributed by atoms with Gasteiger partial charge in [-0.05, 0) is 18.1 Å². The van der Waals surface area contributed by atoms with E-state index in [-0.39, 0.29) is 28.1 Å². The summed E-state index contributed by atoms with van der Waals surface area (Å²) in [4.78, 5) is 0. The average Bonchev–Trinajstić information content (AvgIpc) is 2.65. The Morgan fingerprint density at radius 1 is 1.28 bits per heavy atom. The average molecular weight is 273 g/mol. The molecule has 0 aliphatic rings. The van der Waals surface area contributed by atoms with Crippen LogP contribution in [0.15, 0.2) is 16.7 Å². The topological polar surface area (TPSA) is 52.0 Å². The summed E-state index contributed by atoms with van der Waals surface area (Å²) in [7, 11) is 0. The van der Waals surface area contributed by atoms with Crippen molar-refractivity contribution in [3.05, 3.63) is 34.4 Å². The van der Waals surface area contributed by atoms with Gasteiger partial charge in [0.05, 0.1) is 5.02 Å². The molecule has 6 heteroatoms. The predicted octanol–water partition coefficient (Wildman–Crippen LogP) is 3.98. The molecule has 2 N–H and O–H groups in total. The van der Waals surface area contributed by atoms with Gasteiger partial charge in [0.15, 0.2) is 0 Å². The molecule has 0 fully saturated rings. The minimum absolute atomic E-state index is 0.0129. The molecule has 0 unspecified atom stereocenters. The first-order valence-corrected chi connectivity index (χ1v) is 5.69. The van der Waals surface area contributed by atoms with Crippen molar-refractivity contribution in [1.82, 2.24) is 5.16 Å². The van der Waals surface area contributed by atoms with Crippen LogP contribution in [0.5, 0.6) is 0 Å². The van der Waals surface area contributed by atoms with E-state index < -0.39 is 11.6 Å². The number of nitrogens with zero attached hydrogens (tertiary/aromatic N) is 1. The Labute approximate surface area is 108 Å². The molecule has 1 heterocycles. The van der Waals surface area contributed by atoms with E-state index in [0.717, 1.165) is 12.1 Å². The lowest BCUT2D eigenvalue weighted by molar-refractivity contribution is 0.437. The quantitative estimate of drug-likeness (QED) is 0.841. The van der Waals surface area contributed by atoms with Gasteiger partial charge in [-0.25, -0.2) is 8.78 Å². The van der Waals surface area contributed by atoms with Gasteiger partial charge in [-0.15, -0.1) is 0 Å². The number of halogens is 3. The fourth-order valence-corrected chi connectivity index (χ4v) is 1.92. The largest absolute Gasteiger partial charge is 0.367 e. The van der Waals surface area contributed by atoms with Gasteiger partial charge in [-0.1, -0.05) is 30.6 Å². The Kier molecular flexibility index (Phi) is 3.26. The molecule has 1 aromatic heterocycles. The van der Waals surface area contributed by atoms with Crippen LogP contribution in [0.3, 0.4) is 0 Å². The van der Waals surface area contributed by atoms with Crippen molar-refractivity contribution < 1.29 is 13.3 Å². The second-order valence-corrected chi connectivity index (χ2v) is 4.62. The molecular formula is C12H11ClF2N2O. The van der Waals surface area contributed by atoms with E-state index in [1.54, 1.807) is 0 Å². The zero-order valence-corrected chi connectivity index (χ0v) is 10.6. The van der Waals surface area contributed by atoms with Crippen LogP contribution in [0.25, 0.3) is 11.3 Å². The highest BCUT2D eigenvalue weighted by molar-refractivity contribution is 6.30. The highest BCUT2D eigenvalue weighted by Crippen LogP contribution is 2.35.